The number of thioether (sulfide) groups is 1. The van der Waals surface area contributed by atoms with Gasteiger partial charge in [-0.25, -0.2) is 9.78 Å². The standard InChI is InChI=1S/C19H29N3O4SSi/c1-19(2,3)28(4,5)25-10-6-7-13-11-22(18(24)26-13)15-9-8-14-17(20-15)21-16(23)12-27-14/h8-9,13H,6-7,10-12H2,1-5H3,(H,20,21,23)/t13-/m1/s1. The Hall–Kier alpha value is -1.58. The number of anilines is 2. The van der Waals surface area contributed by atoms with Crippen molar-refractivity contribution < 1.29 is 18.8 Å². The van der Waals surface area contributed by atoms with Gasteiger partial charge in [0, 0.05) is 6.61 Å². The molecule has 7 nitrogen and oxygen atoms in total. The van der Waals surface area contributed by atoms with Crippen LogP contribution in [-0.2, 0) is 14.0 Å². The molecule has 0 bridgehead atoms. The van der Waals surface area contributed by atoms with Crippen molar-refractivity contribution in [3.05, 3.63) is 12.1 Å². The average molecular weight is 424 g/mol. The van der Waals surface area contributed by atoms with Crippen LogP contribution in [0.25, 0.3) is 0 Å². The molecule has 0 saturated carbocycles. The third kappa shape index (κ3) is 4.69. The quantitative estimate of drug-likeness (QED) is 0.544. The first-order valence-corrected chi connectivity index (χ1v) is 13.5. The molecule has 0 aliphatic carbocycles. The van der Waals surface area contributed by atoms with Crippen LogP contribution in [0.3, 0.4) is 0 Å². The van der Waals surface area contributed by atoms with Crippen LogP contribution in [0, 0.1) is 0 Å². The number of nitrogens with one attached hydrogen (secondary N) is 1. The Labute approximate surface area is 171 Å². The normalized spacial score (nSPS) is 20.0. The number of fused-ring (bicyclic) bond motifs is 1. The molecule has 1 fully saturated rings. The summed E-state index contributed by atoms with van der Waals surface area (Å²) in [6.45, 7) is 12.3. The fraction of sp³-hybridized carbons (Fsp3) is 0.632. The lowest BCUT2D eigenvalue weighted by atomic mass is 10.2. The van der Waals surface area contributed by atoms with Gasteiger partial charge in [-0.05, 0) is 43.1 Å². The van der Waals surface area contributed by atoms with Gasteiger partial charge in [0.2, 0.25) is 5.91 Å². The fourth-order valence-electron chi connectivity index (χ4n) is 2.82. The van der Waals surface area contributed by atoms with E-state index >= 15 is 0 Å². The minimum absolute atomic E-state index is 0.0780. The van der Waals surface area contributed by atoms with Crippen molar-refractivity contribution in [1.29, 1.82) is 0 Å². The maximum Gasteiger partial charge on any atom is 0.415 e. The van der Waals surface area contributed by atoms with Crippen LogP contribution < -0.4 is 10.2 Å². The number of amides is 2. The van der Waals surface area contributed by atoms with Crippen molar-refractivity contribution in [3.8, 4) is 0 Å². The number of pyridine rings is 1. The minimum Gasteiger partial charge on any atom is -0.444 e. The summed E-state index contributed by atoms with van der Waals surface area (Å²) in [5.74, 6) is 1.33. The monoisotopic (exact) mass is 423 g/mol. The highest BCUT2D eigenvalue weighted by molar-refractivity contribution is 8.00. The number of hydrogen-bond acceptors (Lipinski definition) is 6. The van der Waals surface area contributed by atoms with E-state index in [-0.39, 0.29) is 17.0 Å². The highest BCUT2D eigenvalue weighted by Gasteiger charge is 2.37. The zero-order valence-electron chi connectivity index (χ0n) is 17.2. The summed E-state index contributed by atoms with van der Waals surface area (Å²) in [5.41, 5.74) is 0. The number of aromatic nitrogens is 1. The number of nitrogens with zero attached hydrogens (tertiary/aromatic N) is 2. The zero-order chi connectivity index (χ0) is 20.5. The van der Waals surface area contributed by atoms with Crippen molar-refractivity contribution in [1.82, 2.24) is 4.98 Å². The third-order valence-electron chi connectivity index (χ3n) is 5.55. The van der Waals surface area contributed by atoms with Gasteiger partial charge in [0.1, 0.15) is 17.7 Å². The van der Waals surface area contributed by atoms with Crippen LogP contribution in [0.1, 0.15) is 33.6 Å². The highest BCUT2D eigenvalue weighted by Crippen LogP contribution is 2.37. The molecule has 154 valence electrons. The van der Waals surface area contributed by atoms with E-state index in [0.29, 0.717) is 30.5 Å². The molecule has 0 unspecified atom stereocenters. The zero-order valence-corrected chi connectivity index (χ0v) is 19.0. The molecule has 2 aliphatic rings. The Morgan fingerprint density at radius 2 is 2.11 bits per heavy atom. The second-order valence-electron chi connectivity index (χ2n) is 8.72. The molecule has 28 heavy (non-hydrogen) atoms. The van der Waals surface area contributed by atoms with E-state index in [1.165, 1.54) is 16.7 Å². The smallest absolute Gasteiger partial charge is 0.415 e. The first-order valence-electron chi connectivity index (χ1n) is 9.63. The number of carbonyl (C=O) groups excluding carboxylic acids is 2. The topological polar surface area (TPSA) is 80.8 Å². The number of ether oxygens (including phenoxy) is 1. The Bertz CT molecular complexity index is 766. The number of rotatable bonds is 6. The van der Waals surface area contributed by atoms with Gasteiger partial charge in [0.15, 0.2) is 8.32 Å². The Kier molecular flexibility index (Phi) is 6.07. The summed E-state index contributed by atoms with van der Waals surface area (Å²) < 4.78 is 11.7. The molecule has 0 aromatic carbocycles. The van der Waals surface area contributed by atoms with Crippen molar-refractivity contribution in [2.75, 3.05) is 29.1 Å². The van der Waals surface area contributed by atoms with Gasteiger partial charge in [-0.15, -0.1) is 11.8 Å². The molecule has 0 radical (unpaired) electrons. The average Bonchev–Trinajstić information content (AvgIpc) is 2.98. The predicted octanol–water partition coefficient (Wildman–Crippen LogP) is 4.25. The second kappa shape index (κ2) is 8.04. The maximum absolute atomic E-state index is 12.3. The van der Waals surface area contributed by atoms with Crippen LogP contribution in [0.5, 0.6) is 0 Å². The fourth-order valence-corrected chi connectivity index (χ4v) is 4.66. The molecule has 1 aromatic rings. The van der Waals surface area contributed by atoms with Gasteiger partial charge in [-0.1, -0.05) is 20.8 Å². The summed E-state index contributed by atoms with van der Waals surface area (Å²) in [4.78, 5) is 30.7. The molecule has 1 saturated heterocycles. The molecule has 1 N–H and O–H groups in total. The molecule has 2 amide bonds. The lowest BCUT2D eigenvalue weighted by Gasteiger charge is -2.36. The van der Waals surface area contributed by atoms with Crippen molar-refractivity contribution in [3.63, 3.8) is 0 Å². The van der Waals surface area contributed by atoms with Gasteiger partial charge in [0.05, 0.1) is 17.2 Å². The Balaban J connectivity index is 1.53. The Morgan fingerprint density at radius 3 is 2.82 bits per heavy atom. The summed E-state index contributed by atoms with van der Waals surface area (Å²) in [6, 6.07) is 3.68. The van der Waals surface area contributed by atoms with Gasteiger partial charge in [-0.3, -0.25) is 9.69 Å². The van der Waals surface area contributed by atoms with Gasteiger partial charge in [-0.2, -0.15) is 0 Å². The van der Waals surface area contributed by atoms with E-state index in [1.807, 2.05) is 6.07 Å². The van der Waals surface area contributed by atoms with Crippen molar-refractivity contribution >= 4 is 43.7 Å². The van der Waals surface area contributed by atoms with Crippen LogP contribution >= 0.6 is 11.8 Å². The van der Waals surface area contributed by atoms with E-state index < -0.39 is 14.4 Å². The molecule has 3 rings (SSSR count). The van der Waals surface area contributed by atoms with Gasteiger partial charge >= 0.3 is 6.09 Å². The second-order valence-corrected chi connectivity index (χ2v) is 14.5. The van der Waals surface area contributed by atoms with Crippen molar-refractivity contribution in [2.24, 2.45) is 0 Å². The summed E-state index contributed by atoms with van der Waals surface area (Å²) >= 11 is 1.45. The first-order chi connectivity index (χ1) is 13.1. The van der Waals surface area contributed by atoms with Crippen molar-refractivity contribution in [2.45, 2.75) is 62.7 Å². The highest BCUT2D eigenvalue weighted by atomic mass is 32.2. The molecular formula is C19H29N3O4SSi. The van der Waals surface area contributed by atoms with Gasteiger partial charge in [0.25, 0.3) is 0 Å². The summed E-state index contributed by atoms with van der Waals surface area (Å²) in [7, 11) is -1.75. The maximum atomic E-state index is 12.3. The predicted molar refractivity (Wildman–Crippen MR) is 114 cm³/mol. The van der Waals surface area contributed by atoms with Crippen LogP contribution in [0.4, 0.5) is 16.4 Å². The summed E-state index contributed by atoms with van der Waals surface area (Å²) in [5, 5.41) is 2.95. The molecule has 9 heteroatoms. The molecule has 1 aromatic heterocycles. The number of hydrogen-bond donors (Lipinski definition) is 1. The SMILES string of the molecule is CC(C)(C)[Si](C)(C)OCCC[C@@H]1CN(c2ccc3c(n2)NC(=O)CS3)C(=O)O1. The van der Waals surface area contributed by atoms with Gasteiger partial charge < -0.3 is 14.5 Å². The molecular weight excluding hydrogens is 394 g/mol. The Morgan fingerprint density at radius 1 is 1.36 bits per heavy atom. The van der Waals surface area contributed by atoms with E-state index in [4.69, 9.17) is 9.16 Å². The van der Waals surface area contributed by atoms with Crippen LogP contribution in [-0.4, -0.2) is 50.3 Å². The lowest BCUT2D eigenvalue weighted by Crippen LogP contribution is -2.41. The van der Waals surface area contributed by atoms with E-state index in [9.17, 15) is 9.59 Å². The molecule has 1 atom stereocenters. The van der Waals surface area contributed by atoms with Crippen LogP contribution in [0.2, 0.25) is 18.1 Å². The van der Waals surface area contributed by atoms with E-state index in [0.717, 1.165) is 17.7 Å². The minimum atomic E-state index is -1.75. The molecule has 0 spiro atoms. The number of carbonyl (C=O) groups is 2. The van der Waals surface area contributed by atoms with Crippen LogP contribution in [0.15, 0.2) is 17.0 Å². The largest absolute Gasteiger partial charge is 0.444 e. The van der Waals surface area contributed by atoms with E-state index in [1.54, 1.807) is 6.07 Å². The third-order valence-corrected chi connectivity index (χ3v) is 11.1. The van der Waals surface area contributed by atoms with E-state index in [2.05, 4.69) is 44.2 Å². The molecule has 3 heterocycles. The summed E-state index contributed by atoms with van der Waals surface area (Å²) in [6.07, 6.45) is 1.05. The number of cyclic esters (lactones) is 1. The first kappa shape index (κ1) is 21.1. The lowest BCUT2D eigenvalue weighted by molar-refractivity contribution is -0.113. The molecule has 2 aliphatic heterocycles.